The van der Waals surface area contributed by atoms with Crippen LogP contribution in [0.5, 0.6) is 17.2 Å². The van der Waals surface area contributed by atoms with Gasteiger partial charge >= 0.3 is 5.97 Å². The van der Waals surface area contributed by atoms with Gasteiger partial charge in [-0.05, 0) is 12.1 Å². The Labute approximate surface area is 129 Å². The van der Waals surface area contributed by atoms with E-state index in [0.29, 0.717) is 22.9 Å². The normalized spacial score (nSPS) is 14.6. The Morgan fingerprint density at radius 2 is 2.04 bits per heavy atom. The number of ether oxygens (including phenoxy) is 1. The zero-order chi connectivity index (χ0) is 16.1. The number of carboxylic acids is 1. The van der Waals surface area contributed by atoms with Crippen molar-refractivity contribution in [3.05, 3.63) is 35.9 Å². The van der Waals surface area contributed by atoms with E-state index in [1.807, 2.05) is 6.07 Å². The maximum absolute atomic E-state index is 12.4. The van der Waals surface area contributed by atoms with Crippen LogP contribution < -0.4 is 10.1 Å². The number of Topliss-reactive ketones (excluding diaryl/α,β-unsaturated/α-hetero) is 1. The van der Waals surface area contributed by atoms with E-state index in [4.69, 9.17) is 9.84 Å². The monoisotopic (exact) mass is 310 g/mol. The molecule has 0 unspecified atom stereocenters. The summed E-state index contributed by atoms with van der Waals surface area (Å²) in [6.45, 7) is 0. The summed E-state index contributed by atoms with van der Waals surface area (Å²) in [4.78, 5) is 27.4. The predicted molar refractivity (Wildman–Crippen MR) is 81.6 cm³/mol. The van der Waals surface area contributed by atoms with Crippen LogP contribution in [0.4, 0.5) is 17.1 Å². The number of phenols is 1. The number of nitrogens with one attached hydrogen (secondary N) is 1. The van der Waals surface area contributed by atoms with Gasteiger partial charge in [-0.3, -0.25) is 4.79 Å². The molecule has 23 heavy (non-hydrogen) atoms. The van der Waals surface area contributed by atoms with Gasteiger partial charge in [0.2, 0.25) is 0 Å². The molecule has 3 N–H and O–H groups in total. The number of phenolic OH excluding ortho intramolecular Hbond substituents is 1. The Morgan fingerprint density at radius 1 is 1.26 bits per heavy atom. The molecular weight excluding hydrogens is 300 g/mol. The van der Waals surface area contributed by atoms with E-state index in [-0.39, 0.29) is 29.1 Å². The number of hydrogen-bond acceptors (Lipinski definition) is 6. The second-order valence-electron chi connectivity index (χ2n) is 5.18. The number of aromatic hydroxyl groups is 1. The second-order valence-corrected chi connectivity index (χ2v) is 5.18. The molecule has 2 aromatic carbocycles. The molecule has 0 saturated carbocycles. The van der Waals surface area contributed by atoms with Crippen LogP contribution in [0.25, 0.3) is 0 Å². The lowest BCUT2D eigenvalue weighted by molar-refractivity contribution is -0.129. The van der Waals surface area contributed by atoms with Crippen molar-refractivity contribution in [2.75, 3.05) is 5.32 Å². The van der Waals surface area contributed by atoms with E-state index < -0.39 is 11.8 Å². The average molecular weight is 310 g/mol. The maximum atomic E-state index is 12.4. The fourth-order valence-electron chi connectivity index (χ4n) is 2.67. The van der Waals surface area contributed by atoms with Gasteiger partial charge in [0.15, 0.2) is 17.3 Å². The molecule has 0 spiro atoms. The van der Waals surface area contributed by atoms with Crippen LogP contribution in [0, 0.1) is 0 Å². The van der Waals surface area contributed by atoms with Gasteiger partial charge < -0.3 is 20.3 Å². The van der Waals surface area contributed by atoms with Crippen LogP contribution in [0.15, 0.2) is 35.3 Å². The molecule has 0 aromatic heterocycles. The minimum Gasteiger partial charge on any atom is -0.506 e. The zero-order valence-corrected chi connectivity index (χ0v) is 11.7. The van der Waals surface area contributed by atoms with Gasteiger partial charge in [-0.25, -0.2) is 9.79 Å². The van der Waals surface area contributed by atoms with Gasteiger partial charge in [-0.15, -0.1) is 0 Å². The molecule has 114 valence electrons. The van der Waals surface area contributed by atoms with E-state index in [1.165, 1.54) is 6.07 Å². The van der Waals surface area contributed by atoms with E-state index in [2.05, 4.69) is 10.3 Å². The third kappa shape index (κ3) is 1.94. The maximum Gasteiger partial charge on any atom is 0.350 e. The molecule has 7 heteroatoms. The van der Waals surface area contributed by atoms with E-state index >= 15 is 0 Å². The standard InChI is InChI=1S/C16H10N2O5/c19-9-5-8(16(21)22)18-14-10(20)6-12-15(13(9)14)17-7-3-1-2-4-11(7)23-12/h1-4,6,17,20H,5H2,(H,21,22). The SMILES string of the molecule is O=C(O)C1=Nc2c(O)cc3c(c2C(=O)C1)Nc1ccccc1O3. The molecule has 2 heterocycles. The highest BCUT2D eigenvalue weighted by Gasteiger charge is 2.32. The summed E-state index contributed by atoms with van der Waals surface area (Å²) in [5, 5.41) is 22.3. The number of aliphatic carboxylic acids is 1. The van der Waals surface area contributed by atoms with Crippen LogP contribution >= 0.6 is 0 Å². The number of carboxylic acid groups (broad SMARTS) is 1. The highest BCUT2D eigenvalue weighted by Crippen LogP contribution is 2.50. The lowest BCUT2D eigenvalue weighted by Crippen LogP contribution is -2.22. The Hall–Kier alpha value is -3.35. The van der Waals surface area contributed by atoms with Gasteiger partial charge in [0.25, 0.3) is 0 Å². The average Bonchev–Trinajstić information content (AvgIpc) is 2.53. The molecule has 0 amide bonds. The summed E-state index contributed by atoms with van der Waals surface area (Å²) in [7, 11) is 0. The number of ketones is 1. The molecule has 0 saturated heterocycles. The van der Waals surface area contributed by atoms with Crippen molar-refractivity contribution in [2.24, 2.45) is 4.99 Å². The van der Waals surface area contributed by atoms with Gasteiger partial charge in [0.05, 0.1) is 23.4 Å². The van der Waals surface area contributed by atoms with E-state index in [1.54, 1.807) is 18.2 Å². The van der Waals surface area contributed by atoms with Crippen molar-refractivity contribution in [1.82, 2.24) is 0 Å². The largest absolute Gasteiger partial charge is 0.506 e. The number of anilines is 2. The van der Waals surface area contributed by atoms with Crippen molar-refractivity contribution in [3.63, 3.8) is 0 Å². The van der Waals surface area contributed by atoms with E-state index in [0.717, 1.165) is 0 Å². The number of hydrogen-bond donors (Lipinski definition) is 3. The first-order chi connectivity index (χ1) is 11.0. The van der Waals surface area contributed by atoms with Crippen LogP contribution in [0.1, 0.15) is 16.8 Å². The summed E-state index contributed by atoms with van der Waals surface area (Å²) in [5.41, 5.74) is 0.852. The summed E-state index contributed by atoms with van der Waals surface area (Å²) in [6.07, 6.45) is -0.332. The Bertz CT molecular complexity index is 917. The van der Waals surface area contributed by atoms with E-state index in [9.17, 15) is 14.7 Å². The van der Waals surface area contributed by atoms with Crippen LogP contribution in [-0.4, -0.2) is 27.7 Å². The summed E-state index contributed by atoms with van der Waals surface area (Å²) >= 11 is 0. The van der Waals surface area contributed by atoms with Crippen LogP contribution in [-0.2, 0) is 4.79 Å². The van der Waals surface area contributed by atoms with Gasteiger partial charge in [0, 0.05) is 6.07 Å². The Balaban J connectivity index is 1.94. The number of rotatable bonds is 1. The lowest BCUT2D eigenvalue weighted by atomic mass is 9.96. The second kappa shape index (κ2) is 4.57. The minimum atomic E-state index is -1.28. The highest BCUT2D eigenvalue weighted by molar-refractivity contribution is 6.42. The number of nitrogens with zero attached hydrogens (tertiary/aromatic N) is 1. The van der Waals surface area contributed by atoms with Crippen molar-refractivity contribution >= 4 is 34.5 Å². The molecule has 4 rings (SSSR count). The molecular formula is C16H10N2O5. The summed E-state index contributed by atoms with van der Waals surface area (Å²) < 4.78 is 5.71. The first-order valence-electron chi connectivity index (χ1n) is 6.82. The minimum absolute atomic E-state index is 0.0483. The molecule has 7 nitrogen and oxygen atoms in total. The van der Waals surface area contributed by atoms with Crippen LogP contribution in [0.2, 0.25) is 0 Å². The number of aliphatic imine (C=N–C) groups is 1. The molecule has 2 aliphatic rings. The number of benzene rings is 2. The van der Waals surface area contributed by atoms with Crippen molar-refractivity contribution in [3.8, 4) is 17.2 Å². The molecule has 2 aliphatic heterocycles. The fourth-order valence-corrected chi connectivity index (χ4v) is 2.67. The molecule has 0 fully saturated rings. The molecule has 0 bridgehead atoms. The molecule has 0 atom stereocenters. The van der Waals surface area contributed by atoms with Gasteiger partial charge in [0.1, 0.15) is 17.1 Å². The first kappa shape index (κ1) is 13.3. The number of para-hydroxylation sites is 2. The zero-order valence-electron chi connectivity index (χ0n) is 11.7. The third-order valence-corrected chi connectivity index (χ3v) is 3.71. The highest BCUT2D eigenvalue weighted by atomic mass is 16.5. The lowest BCUT2D eigenvalue weighted by Gasteiger charge is -2.26. The van der Waals surface area contributed by atoms with Crippen molar-refractivity contribution in [1.29, 1.82) is 0 Å². The topological polar surface area (TPSA) is 108 Å². The Morgan fingerprint density at radius 3 is 2.83 bits per heavy atom. The summed E-state index contributed by atoms with van der Waals surface area (Å²) in [5.74, 6) is -1.16. The fraction of sp³-hybridized carbons (Fsp3) is 0.0625. The van der Waals surface area contributed by atoms with Crippen molar-refractivity contribution in [2.45, 2.75) is 6.42 Å². The third-order valence-electron chi connectivity index (χ3n) is 3.71. The first-order valence-corrected chi connectivity index (χ1v) is 6.82. The molecule has 0 radical (unpaired) electrons. The quantitative estimate of drug-likeness (QED) is 0.596. The van der Waals surface area contributed by atoms with Crippen molar-refractivity contribution < 1.29 is 24.5 Å². The smallest absolute Gasteiger partial charge is 0.350 e. The van der Waals surface area contributed by atoms with Gasteiger partial charge in [-0.2, -0.15) is 0 Å². The number of carbonyl (C=O) groups is 2. The van der Waals surface area contributed by atoms with Gasteiger partial charge in [-0.1, -0.05) is 12.1 Å². The number of carbonyl (C=O) groups excluding carboxylic acids is 1. The predicted octanol–water partition coefficient (Wildman–Crippen LogP) is 2.99. The molecule has 0 aliphatic carbocycles. The van der Waals surface area contributed by atoms with Crippen LogP contribution in [0.3, 0.4) is 0 Å². The molecule has 2 aromatic rings. The number of fused-ring (bicyclic) bond motifs is 4. The summed E-state index contributed by atoms with van der Waals surface area (Å²) in [6, 6.07) is 8.48. The Kier molecular flexibility index (Phi) is 2.65.